The normalized spacial score (nSPS) is 19.1. The SMILES string of the molecule is Cc1cncn(CC2CCN(Cc3noc4c3COCC4)CC2)c1=O. The first kappa shape index (κ1) is 16.5. The van der Waals surface area contributed by atoms with Gasteiger partial charge in [-0.05, 0) is 38.8 Å². The van der Waals surface area contributed by atoms with Crippen LogP contribution in [0.4, 0.5) is 0 Å². The molecule has 1 saturated heterocycles. The highest BCUT2D eigenvalue weighted by atomic mass is 16.5. The third-order valence-corrected chi connectivity index (χ3v) is 5.28. The second kappa shape index (κ2) is 7.09. The van der Waals surface area contributed by atoms with Gasteiger partial charge in [-0.2, -0.15) is 0 Å². The van der Waals surface area contributed by atoms with Crippen molar-refractivity contribution in [2.75, 3.05) is 19.7 Å². The quantitative estimate of drug-likeness (QED) is 0.837. The van der Waals surface area contributed by atoms with E-state index in [1.807, 2.05) is 6.92 Å². The van der Waals surface area contributed by atoms with Crippen molar-refractivity contribution in [1.82, 2.24) is 19.6 Å². The lowest BCUT2D eigenvalue weighted by atomic mass is 9.96. The van der Waals surface area contributed by atoms with Crippen molar-refractivity contribution >= 4 is 0 Å². The monoisotopic (exact) mass is 344 g/mol. The molecule has 2 aliphatic rings. The zero-order valence-corrected chi connectivity index (χ0v) is 14.6. The zero-order chi connectivity index (χ0) is 17.2. The van der Waals surface area contributed by atoms with Crippen LogP contribution in [-0.4, -0.2) is 39.3 Å². The fourth-order valence-electron chi connectivity index (χ4n) is 3.71. The first-order chi connectivity index (χ1) is 12.2. The van der Waals surface area contributed by atoms with Crippen molar-refractivity contribution in [3.05, 3.63) is 45.5 Å². The van der Waals surface area contributed by atoms with Crippen molar-refractivity contribution in [1.29, 1.82) is 0 Å². The number of rotatable bonds is 4. The smallest absolute Gasteiger partial charge is 0.256 e. The summed E-state index contributed by atoms with van der Waals surface area (Å²) >= 11 is 0. The van der Waals surface area contributed by atoms with E-state index in [1.54, 1.807) is 17.1 Å². The predicted molar refractivity (Wildman–Crippen MR) is 91.1 cm³/mol. The third kappa shape index (κ3) is 3.52. The van der Waals surface area contributed by atoms with Gasteiger partial charge in [0.1, 0.15) is 11.5 Å². The third-order valence-electron chi connectivity index (χ3n) is 5.28. The van der Waals surface area contributed by atoms with Crippen molar-refractivity contribution < 1.29 is 9.26 Å². The molecule has 0 atom stereocenters. The highest BCUT2D eigenvalue weighted by Crippen LogP contribution is 2.24. The van der Waals surface area contributed by atoms with Crippen LogP contribution in [0.5, 0.6) is 0 Å². The van der Waals surface area contributed by atoms with E-state index >= 15 is 0 Å². The molecule has 4 heterocycles. The fourth-order valence-corrected chi connectivity index (χ4v) is 3.71. The Bertz CT molecular complexity index is 790. The number of likely N-dealkylation sites (tertiary alicyclic amines) is 1. The van der Waals surface area contributed by atoms with Crippen LogP contribution in [0.15, 0.2) is 21.8 Å². The molecule has 0 amide bonds. The Morgan fingerprint density at radius 2 is 2.16 bits per heavy atom. The minimum absolute atomic E-state index is 0.0756. The molecule has 2 aliphatic heterocycles. The molecule has 0 radical (unpaired) electrons. The van der Waals surface area contributed by atoms with E-state index in [1.165, 1.54) is 0 Å². The number of hydrogen-bond donors (Lipinski definition) is 0. The zero-order valence-electron chi connectivity index (χ0n) is 14.6. The number of ether oxygens (including phenoxy) is 1. The molecule has 25 heavy (non-hydrogen) atoms. The largest absolute Gasteiger partial charge is 0.376 e. The van der Waals surface area contributed by atoms with Gasteiger partial charge in [0.15, 0.2) is 0 Å². The Hall–Kier alpha value is -1.99. The van der Waals surface area contributed by atoms with E-state index < -0.39 is 0 Å². The van der Waals surface area contributed by atoms with E-state index in [0.717, 1.165) is 69.1 Å². The fraction of sp³-hybridized carbons (Fsp3) is 0.611. The lowest BCUT2D eigenvalue weighted by molar-refractivity contribution is 0.102. The van der Waals surface area contributed by atoms with Gasteiger partial charge in [-0.3, -0.25) is 14.3 Å². The van der Waals surface area contributed by atoms with Crippen LogP contribution in [0.2, 0.25) is 0 Å². The van der Waals surface area contributed by atoms with Crippen molar-refractivity contribution in [2.24, 2.45) is 5.92 Å². The Kier molecular flexibility index (Phi) is 4.67. The minimum Gasteiger partial charge on any atom is -0.376 e. The molecule has 0 unspecified atom stereocenters. The number of aromatic nitrogens is 3. The van der Waals surface area contributed by atoms with Gasteiger partial charge in [0, 0.05) is 36.8 Å². The maximum Gasteiger partial charge on any atom is 0.256 e. The molecule has 1 fully saturated rings. The first-order valence-electron chi connectivity index (χ1n) is 8.98. The van der Waals surface area contributed by atoms with Crippen LogP contribution in [0.25, 0.3) is 0 Å². The summed E-state index contributed by atoms with van der Waals surface area (Å²) in [6.45, 7) is 6.77. The lowest BCUT2D eigenvalue weighted by Gasteiger charge is -2.31. The maximum atomic E-state index is 12.1. The minimum atomic E-state index is 0.0756. The Balaban J connectivity index is 1.33. The van der Waals surface area contributed by atoms with Gasteiger partial charge in [0.05, 0.1) is 19.5 Å². The second-order valence-corrected chi connectivity index (χ2v) is 7.09. The summed E-state index contributed by atoms with van der Waals surface area (Å²) in [7, 11) is 0. The molecule has 0 saturated carbocycles. The van der Waals surface area contributed by atoms with E-state index in [0.29, 0.717) is 18.1 Å². The molecule has 0 aromatic carbocycles. The molecule has 134 valence electrons. The van der Waals surface area contributed by atoms with E-state index in [4.69, 9.17) is 9.26 Å². The Morgan fingerprint density at radius 3 is 3.00 bits per heavy atom. The van der Waals surface area contributed by atoms with Crippen LogP contribution < -0.4 is 5.56 Å². The molecule has 4 rings (SSSR count). The summed E-state index contributed by atoms with van der Waals surface area (Å²) < 4.78 is 12.7. The number of aryl methyl sites for hydroxylation is 1. The van der Waals surface area contributed by atoms with Crippen molar-refractivity contribution in [3.8, 4) is 0 Å². The molecular formula is C18H24N4O3. The molecule has 2 aromatic rings. The van der Waals surface area contributed by atoms with E-state index in [9.17, 15) is 4.79 Å². The summed E-state index contributed by atoms with van der Waals surface area (Å²) in [5.41, 5.74) is 2.95. The van der Waals surface area contributed by atoms with Crippen LogP contribution in [0.3, 0.4) is 0 Å². The van der Waals surface area contributed by atoms with Gasteiger partial charge in [0.25, 0.3) is 5.56 Å². The number of fused-ring (bicyclic) bond motifs is 1. The number of nitrogens with zero attached hydrogens (tertiary/aromatic N) is 4. The summed E-state index contributed by atoms with van der Waals surface area (Å²) in [5, 5.41) is 4.25. The topological polar surface area (TPSA) is 73.4 Å². The first-order valence-corrected chi connectivity index (χ1v) is 8.98. The molecule has 0 aliphatic carbocycles. The van der Waals surface area contributed by atoms with Gasteiger partial charge < -0.3 is 9.26 Å². The number of hydrogen-bond acceptors (Lipinski definition) is 6. The van der Waals surface area contributed by atoms with Crippen LogP contribution in [-0.2, 0) is 30.9 Å². The van der Waals surface area contributed by atoms with Gasteiger partial charge in [0.2, 0.25) is 0 Å². The van der Waals surface area contributed by atoms with Gasteiger partial charge in [-0.15, -0.1) is 0 Å². The molecule has 7 heteroatoms. The molecule has 0 spiro atoms. The van der Waals surface area contributed by atoms with Crippen molar-refractivity contribution in [3.63, 3.8) is 0 Å². The molecule has 0 N–H and O–H groups in total. The summed E-state index contributed by atoms with van der Waals surface area (Å²) in [6.07, 6.45) is 6.27. The summed E-state index contributed by atoms with van der Waals surface area (Å²) in [5.74, 6) is 1.51. The molecule has 2 aromatic heterocycles. The molecular weight excluding hydrogens is 320 g/mol. The highest BCUT2D eigenvalue weighted by molar-refractivity contribution is 5.23. The van der Waals surface area contributed by atoms with E-state index in [2.05, 4.69) is 15.0 Å². The van der Waals surface area contributed by atoms with Gasteiger partial charge in [-0.25, -0.2) is 4.98 Å². The van der Waals surface area contributed by atoms with Gasteiger partial charge in [-0.1, -0.05) is 5.16 Å². The Labute approximate surface area is 146 Å². The van der Waals surface area contributed by atoms with Gasteiger partial charge >= 0.3 is 0 Å². The van der Waals surface area contributed by atoms with Crippen LogP contribution >= 0.6 is 0 Å². The maximum absolute atomic E-state index is 12.1. The predicted octanol–water partition coefficient (Wildman–Crippen LogP) is 1.52. The second-order valence-electron chi connectivity index (χ2n) is 7.09. The Morgan fingerprint density at radius 1 is 1.32 bits per heavy atom. The highest BCUT2D eigenvalue weighted by Gasteiger charge is 2.24. The van der Waals surface area contributed by atoms with Crippen molar-refractivity contribution in [2.45, 2.75) is 45.9 Å². The average Bonchev–Trinajstić information content (AvgIpc) is 3.04. The van der Waals surface area contributed by atoms with Crippen LogP contribution in [0, 0.1) is 12.8 Å². The average molecular weight is 344 g/mol. The number of piperidine rings is 1. The lowest BCUT2D eigenvalue weighted by Crippen LogP contribution is -2.36. The molecule has 0 bridgehead atoms. The standard InChI is InChI=1S/C18H24N4O3/c1-13-8-19-12-22(18(13)23)9-14-2-5-21(6-3-14)10-16-15-11-24-7-4-17(15)25-20-16/h8,12,14H,2-7,9-11H2,1H3. The summed E-state index contributed by atoms with van der Waals surface area (Å²) in [6, 6.07) is 0. The summed E-state index contributed by atoms with van der Waals surface area (Å²) in [4.78, 5) is 18.7. The van der Waals surface area contributed by atoms with E-state index in [-0.39, 0.29) is 5.56 Å². The molecule has 7 nitrogen and oxygen atoms in total. The van der Waals surface area contributed by atoms with Crippen LogP contribution in [0.1, 0.15) is 35.4 Å².